The van der Waals surface area contributed by atoms with Crippen LogP contribution in [0.25, 0.3) is 11.0 Å². The number of ether oxygens (including phenoxy) is 1. The van der Waals surface area contributed by atoms with E-state index in [0.717, 1.165) is 42.3 Å². The van der Waals surface area contributed by atoms with Gasteiger partial charge in [0.1, 0.15) is 24.0 Å². The molecule has 0 bridgehead atoms. The van der Waals surface area contributed by atoms with Gasteiger partial charge in [0.15, 0.2) is 0 Å². The lowest BCUT2D eigenvalue weighted by Gasteiger charge is -2.14. The van der Waals surface area contributed by atoms with Gasteiger partial charge in [-0.3, -0.25) is 0 Å². The summed E-state index contributed by atoms with van der Waals surface area (Å²) in [5, 5.41) is 10.2. The Morgan fingerprint density at radius 1 is 1.16 bits per heavy atom. The Labute approximate surface area is 146 Å². The van der Waals surface area contributed by atoms with E-state index in [9.17, 15) is 5.11 Å². The second-order valence-electron chi connectivity index (χ2n) is 6.48. The average molecular weight is 338 g/mol. The van der Waals surface area contributed by atoms with Crippen molar-refractivity contribution in [1.82, 2.24) is 14.5 Å². The summed E-state index contributed by atoms with van der Waals surface area (Å²) >= 11 is 0. The van der Waals surface area contributed by atoms with Crippen LogP contribution in [0.4, 0.5) is 5.82 Å². The van der Waals surface area contributed by atoms with Crippen molar-refractivity contribution in [1.29, 1.82) is 0 Å². The summed E-state index contributed by atoms with van der Waals surface area (Å²) in [5.41, 5.74) is 9.37. The average Bonchev–Trinajstić information content (AvgIpc) is 3.26. The molecule has 130 valence electrons. The topological polar surface area (TPSA) is 86.2 Å². The first-order valence-electron chi connectivity index (χ1n) is 8.66. The number of hydrogen-bond donors (Lipinski definition) is 2. The van der Waals surface area contributed by atoms with Gasteiger partial charge in [0, 0.05) is 6.20 Å². The van der Waals surface area contributed by atoms with Crippen LogP contribution in [0.15, 0.2) is 42.9 Å². The molecule has 2 unspecified atom stereocenters. The zero-order chi connectivity index (χ0) is 17.2. The van der Waals surface area contributed by atoms with Crippen LogP contribution >= 0.6 is 0 Å². The van der Waals surface area contributed by atoms with E-state index in [1.165, 1.54) is 11.9 Å². The van der Waals surface area contributed by atoms with Gasteiger partial charge in [-0.2, -0.15) is 0 Å². The fraction of sp³-hybridized carbons (Fsp3) is 0.368. The van der Waals surface area contributed by atoms with Gasteiger partial charge in [-0.25, -0.2) is 9.97 Å². The number of nitrogen functional groups attached to an aromatic ring is 1. The number of aryl methyl sites for hydroxylation is 2. The molecule has 0 amide bonds. The van der Waals surface area contributed by atoms with Crippen molar-refractivity contribution in [3.63, 3.8) is 0 Å². The SMILES string of the molecule is Nc1ncnc2c1c(CCc1ccccc1)cn2C1CCC(CO)O1. The van der Waals surface area contributed by atoms with Gasteiger partial charge in [0.25, 0.3) is 0 Å². The predicted molar refractivity (Wildman–Crippen MR) is 96.0 cm³/mol. The van der Waals surface area contributed by atoms with Gasteiger partial charge in [0.2, 0.25) is 0 Å². The molecule has 0 spiro atoms. The summed E-state index contributed by atoms with van der Waals surface area (Å²) in [4.78, 5) is 8.61. The van der Waals surface area contributed by atoms with E-state index in [0.29, 0.717) is 5.82 Å². The van der Waals surface area contributed by atoms with Crippen LogP contribution in [-0.2, 0) is 17.6 Å². The van der Waals surface area contributed by atoms with Crippen molar-refractivity contribution >= 4 is 16.9 Å². The van der Waals surface area contributed by atoms with E-state index >= 15 is 0 Å². The Morgan fingerprint density at radius 2 is 2.00 bits per heavy atom. The molecule has 1 fully saturated rings. The molecule has 2 atom stereocenters. The molecular weight excluding hydrogens is 316 g/mol. The van der Waals surface area contributed by atoms with Crippen molar-refractivity contribution in [2.45, 2.75) is 38.0 Å². The van der Waals surface area contributed by atoms with Crippen LogP contribution in [0.2, 0.25) is 0 Å². The smallest absolute Gasteiger partial charge is 0.147 e. The zero-order valence-electron chi connectivity index (χ0n) is 14.0. The highest BCUT2D eigenvalue weighted by atomic mass is 16.5. The first kappa shape index (κ1) is 16.1. The molecule has 4 rings (SSSR count). The molecule has 1 aliphatic heterocycles. The molecule has 3 N–H and O–H groups in total. The normalized spacial score (nSPS) is 20.4. The third-order valence-corrected chi connectivity index (χ3v) is 4.84. The van der Waals surface area contributed by atoms with E-state index in [4.69, 9.17) is 10.5 Å². The molecule has 3 aromatic rings. The van der Waals surface area contributed by atoms with E-state index in [1.807, 2.05) is 10.6 Å². The number of aliphatic hydroxyl groups excluding tert-OH is 1. The lowest BCUT2D eigenvalue weighted by molar-refractivity contribution is -0.0205. The van der Waals surface area contributed by atoms with Crippen molar-refractivity contribution in [2.24, 2.45) is 0 Å². The molecular formula is C19H22N4O2. The third-order valence-electron chi connectivity index (χ3n) is 4.84. The van der Waals surface area contributed by atoms with E-state index in [1.54, 1.807) is 0 Å². The summed E-state index contributed by atoms with van der Waals surface area (Å²) in [6, 6.07) is 10.4. The zero-order valence-corrected chi connectivity index (χ0v) is 14.0. The van der Waals surface area contributed by atoms with Crippen molar-refractivity contribution < 1.29 is 9.84 Å². The lowest BCUT2D eigenvalue weighted by Crippen LogP contribution is -2.14. The minimum absolute atomic E-state index is 0.0493. The summed E-state index contributed by atoms with van der Waals surface area (Å²) in [7, 11) is 0. The standard InChI is InChI=1S/C19H22N4O2/c20-18-17-14(7-6-13-4-2-1-3-5-13)10-23(19(17)22-12-21-18)16-9-8-15(11-24)25-16/h1-5,10,12,15-16,24H,6-9,11H2,(H2,20,21,22). The maximum atomic E-state index is 9.32. The minimum atomic E-state index is -0.112. The number of rotatable bonds is 5. The number of nitrogens with two attached hydrogens (primary N) is 1. The van der Waals surface area contributed by atoms with E-state index in [-0.39, 0.29) is 18.9 Å². The second kappa shape index (κ2) is 6.82. The number of hydrogen-bond acceptors (Lipinski definition) is 5. The van der Waals surface area contributed by atoms with Crippen molar-refractivity contribution in [3.05, 3.63) is 54.0 Å². The molecule has 1 aliphatic rings. The van der Waals surface area contributed by atoms with Gasteiger partial charge < -0.3 is 20.1 Å². The van der Waals surface area contributed by atoms with Crippen molar-refractivity contribution in [2.75, 3.05) is 12.3 Å². The van der Waals surface area contributed by atoms with E-state index < -0.39 is 0 Å². The number of fused-ring (bicyclic) bond motifs is 1. The first-order valence-corrected chi connectivity index (χ1v) is 8.66. The summed E-state index contributed by atoms with van der Waals surface area (Å²) < 4.78 is 7.98. The number of aromatic nitrogens is 3. The molecule has 6 nitrogen and oxygen atoms in total. The highest BCUT2D eigenvalue weighted by molar-refractivity contribution is 5.89. The summed E-state index contributed by atoms with van der Waals surface area (Å²) in [6.45, 7) is 0.0493. The van der Waals surface area contributed by atoms with Crippen LogP contribution in [-0.4, -0.2) is 32.4 Å². The largest absolute Gasteiger partial charge is 0.394 e. The van der Waals surface area contributed by atoms with Gasteiger partial charge in [-0.05, 0) is 36.8 Å². The second-order valence-corrected chi connectivity index (χ2v) is 6.48. The number of anilines is 1. The Hall–Kier alpha value is -2.44. The molecule has 2 aromatic heterocycles. The van der Waals surface area contributed by atoms with Crippen LogP contribution in [0, 0.1) is 0 Å². The number of benzene rings is 1. The number of nitrogens with zero attached hydrogens (tertiary/aromatic N) is 3. The predicted octanol–water partition coefficient (Wildman–Crippen LogP) is 2.47. The quantitative estimate of drug-likeness (QED) is 0.746. The van der Waals surface area contributed by atoms with Gasteiger partial charge in [-0.1, -0.05) is 30.3 Å². The Balaban J connectivity index is 1.67. The highest BCUT2D eigenvalue weighted by Gasteiger charge is 2.28. The fourth-order valence-electron chi connectivity index (χ4n) is 3.55. The number of aliphatic hydroxyl groups is 1. The molecule has 6 heteroatoms. The third kappa shape index (κ3) is 3.10. The minimum Gasteiger partial charge on any atom is -0.394 e. The molecule has 1 aromatic carbocycles. The van der Waals surface area contributed by atoms with E-state index in [2.05, 4.69) is 40.4 Å². The van der Waals surface area contributed by atoms with Crippen LogP contribution in [0.5, 0.6) is 0 Å². The monoisotopic (exact) mass is 338 g/mol. The highest BCUT2D eigenvalue weighted by Crippen LogP contribution is 2.34. The summed E-state index contributed by atoms with van der Waals surface area (Å²) in [5.74, 6) is 0.503. The van der Waals surface area contributed by atoms with Crippen molar-refractivity contribution in [3.8, 4) is 0 Å². The van der Waals surface area contributed by atoms with Gasteiger partial charge >= 0.3 is 0 Å². The Kier molecular flexibility index (Phi) is 4.38. The van der Waals surface area contributed by atoms with Gasteiger partial charge in [0.05, 0.1) is 18.1 Å². The Bertz CT molecular complexity index is 862. The lowest BCUT2D eigenvalue weighted by atomic mass is 10.0. The molecule has 0 radical (unpaired) electrons. The molecule has 25 heavy (non-hydrogen) atoms. The van der Waals surface area contributed by atoms with Gasteiger partial charge in [-0.15, -0.1) is 0 Å². The van der Waals surface area contributed by atoms with Crippen LogP contribution in [0.1, 0.15) is 30.2 Å². The maximum absolute atomic E-state index is 9.32. The Morgan fingerprint density at radius 3 is 2.76 bits per heavy atom. The molecule has 3 heterocycles. The first-order chi connectivity index (χ1) is 12.3. The molecule has 0 saturated carbocycles. The maximum Gasteiger partial charge on any atom is 0.147 e. The fourth-order valence-corrected chi connectivity index (χ4v) is 3.55. The molecule has 1 saturated heterocycles. The summed E-state index contributed by atoms with van der Waals surface area (Å²) in [6.07, 6.45) is 6.86. The molecule has 0 aliphatic carbocycles. The van der Waals surface area contributed by atoms with Crippen LogP contribution in [0.3, 0.4) is 0 Å². The van der Waals surface area contributed by atoms with Crippen LogP contribution < -0.4 is 5.73 Å².